The summed E-state index contributed by atoms with van der Waals surface area (Å²) in [6.45, 7) is 10.3. The summed E-state index contributed by atoms with van der Waals surface area (Å²) in [4.78, 5) is 13.3. The van der Waals surface area contributed by atoms with Crippen molar-refractivity contribution in [2.45, 2.75) is 46.5 Å². The fraction of sp³-hybridized carbons (Fsp3) is 0.583. The quantitative estimate of drug-likeness (QED) is 0.778. The minimum Gasteiger partial charge on any atom is -0.421 e. The van der Waals surface area contributed by atoms with Gasteiger partial charge in [-0.1, -0.05) is 27.7 Å². The molecule has 0 radical (unpaired) electrons. The second kappa shape index (κ2) is 3.85. The molecule has 0 aliphatic rings. The van der Waals surface area contributed by atoms with Gasteiger partial charge < -0.3 is 4.42 Å². The van der Waals surface area contributed by atoms with E-state index >= 15 is 0 Å². The Bertz CT molecular complexity index is 469. The molecule has 0 amide bonds. The monoisotopic (exact) mass is 219 g/mol. The van der Waals surface area contributed by atoms with Gasteiger partial charge in [-0.05, 0) is 11.8 Å². The van der Waals surface area contributed by atoms with Crippen molar-refractivity contribution in [1.29, 1.82) is 0 Å². The van der Waals surface area contributed by atoms with Crippen molar-refractivity contribution in [2.24, 2.45) is 0 Å². The zero-order valence-corrected chi connectivity index (χ0v) is 10.4. The van der Waals surface area contributed by atoms with E-state index in [2.05, 4.69) is 42.6 Å². The Morgan fingerprint density at radius 2 is 1.44 bits per heavy atom. The average molecular weight is 219 g/mol. The Balaban J connectivity index is 2.70. The lowest BCUT2D eigenvalue weighted by Crippen LogP contribution is -2.05. The van der Waals surface area contributed by atoms with Gasteiger partial charge in [0.2, 0.25) is 5.65 Å². The van der Waals surface area contributed by atoms with Crippen LogP contribution in [0.5, 0.6) is 0 Å². The highest BCUT2D eigenvalue weighted by atomic mass is 16.4. The molecule has 16 heavy (non-hydrogen) atoms. The first-order chi connectivity index (χ1) is 7.49. The van der Waals surface area contributed by atoms with Gasteiger partial charge >= 0.3 is 0 Å². The van der Waals surface area contributed by atoms with Crippen molar-refractivity contribution in [1.82, 2.24) is 15.0 Å². The highest BCUT2D eigenvalue weighted by molar-refractivity contribution is 5.63. The van der Waals surface area contributed by atoms with Gasteiger partial charge in [-0.2, -0.15) is 4.98 Å². The molecule has 2 heterocycles. The Kier molecular flexibility index (Phi) is 2.66. The molecular formula is C12H17N3O. The number of hydrogen-bond acceptors (Lipinski definition) is 4. The molecule has 2 rings (SSSR count). The van der Waals surface area contributed by atoms with Gasteiger partial charge in [-0.3, -0.25) is 0 Å². The number of oxazole rings is 1. The van der Waals surface area contributed by atoms with E-state index in [0.717, 1.165) is 11.4 Å². The van der Waals surface area contributed by atoms with Crippen LogP contribution in [0.25, 0.3) is 11.4 Å². The molecule has 0 aromatic carbocycles. The Hall–Kier alpha value is -1.45. The maximum atomic E-state index is 5.41. The van der Waals surface area contributed by atoms with Crippen LogP contribution in [0.3, 0.4) is 0 Å². The summed E-state index contributed by atoms with van der Waals surface area (Å²) in [7, 11) is 0. The molecule has 0 aliphatic carbocycles. The second-order valence-corrected chi connectivity index (χ2v) is 4.67. The summed E-state index contributed by atoms with van der Waals surface area (Å²) in [5.74, 6) is 1.32. The predicted octanol–water partition coefficient (Wildman–Crippen LogP) is 3.17. The Morgan fingerprint density at radius 1 is 0.875 bits per heavy atom. The first-order valence-corrected chi connectivity index (χ1v) is 5.64. The van der Waals surface area contributed by atoms with E-state index in [9.17, 15) is 0 Å². The zero-order chi connectivity index (χ0) is 11.9. The predicted molar refractivity (Wildman–Crippen MR) is 62.5 cm³/mol. The highest BCUT2D eigenvalue weighted by Crippen LogP contribution is 2.25. The van der Waals surface area contributed by atoms with E-state index < -0.39 is 0 Å². The smallest absolute Gasteiger partial charge is 0.266 e. The molecule has 4 nitrogen and oxygen atoms in total. The lowest BCUT2D eigenvalue weighted by atomic mass is 10.0. The van der Waals surface area contributed by atoms with Crippen molar-refractivity contribution in [3.05, 3.63) is 17.3 Å². The third-order valence-electron chi connectivity index (χ3n) is 2.50. The van der Waals surface area contributed by atoms with Crippen molar-refractivity contribution >= 4 is 11.4 Å². The standard InChI is InChI=1S/C12H17N3O/c1-6(2)9-10(7(3)4)15-12-11(14-9)13-8(5)16-12/h6-7H,1-5H3. The van der Waals surface area contributed by atoms with Gasteiger partial charge in [-0.15, -0.1) is 0 Å². The van der Waals surface area contributed by atoms with E-state index in [4.69, 9.17) is 4.42 Å². The van der Waals surface area contributed by atoms with Crippen LogP contribution in [0, 0.1) is 6.92 Å². The van der Waals surface area contributed by atoms with Crippen LogP contribution in [-0.4, -0.2) is 15.0 Å². The third-order valence-corrected chi connectivity index (χ3v) is 2.50. The normalized spacial score (nSPS) is 11.9. The summed E-state index contributed by atoms with van der Waals surface area (Å²) < 4.78 is 5.41. The molecule has 2 aromatic rings. The van der Waals surface area contributed by atoms with Crippen LogP contribution < -0.4 is 0 Å². The number of fused-ring (bicyclic) bond motifs is 1. The molecule has 0 atom stereocenters. The maximum absolute atomic E-state index is 5.41. The van der Waals surface area contributed by atoms with Crippen LogP contribution in [0.2, 0.25) is 0 Å². The van der Waals surface area contributed by atoms with E-state index in [1.165, 1.54) is 0 Å². The summed E-state index contributed by atoms with van der Waals surface area (Å²) in [5, 5.41) is 0. The van der Waals surface area contributed by atoms with E-state index in [1.54, 1.807) is 0 Å². The van der Waals surface area contributed by atoms with Gasteiger partial charge in [0.05, 0.1) is 11.4 Å². The molecule has 2 aromatic heterocycles. The van der Waals surface area contributed by atoms with Crippen LogP contribution in [-0.2, 0) is 0 Å². The fourth-order valence-electron chi connectivity index (χ4n) is 1.74. The molecule has 0 unspecified atom stereocenters. The van der Waals surface area contributed by atoms with Crippen molar-refractivity contribution in [2.75, 3.05) is 0 Å². The Labute approximate surface area is 95.1 Å². The van der Waals surface area contributed by atoms with E-state index in [0.29, 0.717) is 29.1 Å². The van der Waals surface area contributed by atoms with Gasteiger partial charge in [-0.25, -0.2) is 9.97 Å². The Morgan fingerprint density at radius 3 is 2.00 bits per heavy atom. The molecule has 86 valence electrons. The van der Waals surface area contributed by atoms with Crippen LogP contribution in [0.15, 0.2) is 4.42 Å². The molecule has 0 saturated carbocycles. The molecule has 0 aliphatic heterocycles. The van der Waals surface area contributed by atoms with E-state index in [1.807, 2.05) is 6.92 Å². The minimum atomic E-state index is 0.347. The summed E-state index contributed by atoms with van der Waals surface area (Å²) in [6, 6.07) is 0. The van der Waals surface area contributed by atoms with Gasteiger partial charge in [0, 0.05) is 6.92 Å². The van der Waals surface area contributed by atoms with Gasteiger partial charge in [0.15, 0.2) is 5.89 Å². The zero-order valence-electron chi connectivity index (χ0n) is 10.4. The number of aryl methyl sites for hydroxylation is 1. The van der Waals surface area contributed by atoms with E-state index in [-0.39, 0.29) is 0 Å². The number of rotatable bonds is 2. The minimum absolute atomic E-state index is 0.347. The van der Waals surface area contributed by atoms with Crippen molar-refractivity contribution < 1.29 is 4.42 Å². The SMILES string of the molecule is Cc1nc2nc(C(C)C)c(C(C)C)nc2o1. The van der Waals surface area contributed by atoms with Crippen molar-refractivity contribution in [3.63, 3.8) is 0 Å². The molecule has 0 N–H and O–H groups in total. The van der Waals surface area contributed by atoms with Crippen LogP contribution in [0.1, 0.15) is 56.8 Å². The first kappa shape index (κ1) is 11.0. The molecule has 0 bridgehead atoms. The summed E-state index contributed by atoms with van der Waals surface area (Å²) in [5.41, 5.74) is 3.20. The molecule has 0 saturated heterocycles. The van der Waals surface area contributed by atoms with Gasteiger partial charge in [0.25, 0.3) is 5.71 Å². The second-order valence-electron chi connectivity index (χ2n) is 4.67. The highest BCUT2D eigenvalue weighted by Gasteiger charge is 2.17. The lowest BCUT2D eigenvalue weighted by molar-refractivity contribution is 0.547. The number of aromatic nitrogens is 3. The maximum Gasteiger partial charge on any atom is 0.266 e. The fourth-order valence-corrected chi connectivity index (χ4v) is 1.74. The number of hydrogen-bond donors (Lipinski definition) is 0. The van der Waals surface area contributed by atoms with Gasteiger partial charge in [0.1, 0.15) is 0 Å². The average Bonchev–Trinajstić information content (AvgIpc) is 2.54. The molecular weight excluding hydrogens is 202 g/mol. The first-order valence-electron chi connectivity index (χ1n) is 5.64. The summed E-state index contributed by atoms with van der Waals surface area (Å²) in [6.07, 6.45) is 0. The largest absolute Gasteiger partial charge is 0.421 e. The third kappa shape index (κ3) is 1.79. The lowest BCUT2D eigenvalue weighted by Gasteiger charge is -2.12. The van der Waals surface area contributed by atoms with Crippen LogP contribution in [0.4, 0.5) is 0 Å². The molecule has 0 fully saturated rings. The van der Waals surface area contributed by atoms with Crippen LogP contribution >= 0.6 is 0 Å². The topological polar surface area (TPSA) is 51.8 Å². The number of nitrogens with zero attached hydrogens (tertiary/aromatic N) is 3. The molecule has 0 spiro atoms. The van der Waals surface area contributed by atoms with Crippen molar-refractivity contribution in [3.8, 4) is 0 Å². The molecule has 4 heteroatoms. The summed E-state index contributed by atoms with van der Waals surface area (Å²) >= 11 is 0.